The standard InChI is InChI=1S/C17H21NO4/c1-12(19)22-17-11-18(8-6-14(17)7-9-18)10-16(21)13-2-4-15(20)5-3-13/h2-5,14,17H,6-11H2,1H3/p+1. The second-order valence-electron chi connectivity index (χ2n) is 6.58. The van der Waals surface area contributed by atoms with Crippen molar-refractivity contribution in [2.75, 3.05) is 26.2 Å². The first-order chi connectivity index (χ1) is 10.5. The van der Waals surface area contributed by atoms with Crippen LogP contribution in [0.3, 0.4) is 0 Å². The number of carbonyl (C=O) groups is 2. The van der Waals surface area contributed by atoms with Gasteiger partial charge >= 0.3 is 5.97 Å². The topological polar surface area (TPSA) is 63.6 Å². The molecule has 1 aromatic carbocycles. The van der Waals surface area contributed by atoms with Crippen LogP contribution in [0.25, 0.3) is 0 Å². The molecule has 3 aliphatic rings. The van der Waals surface area contributed by atoms with Crippen LogP contribution in [0.5, 0.6) is 5.75 Å². The molecular formula is C17H22NO4+. The van der Waals surface area contributed by atoms with Gasteiger partial charge in [0.1, 0.15) is 18.8 Å². The number of quaternary nitrogens is 1. The van der Waals surface area contributed by atoms with Crippen molar-refractivity contribution in [2.45, 2.75) is 25.9 Å². The molecular weight excluding hydrogens is 282 g/mol. The van der Waals surface area contributed by atoms with Gasteiger partial charge in [0, 0.05) is 31.2 Å². The van der Waals surface area contributed by atoms with Gasteiger partial charge in [-0.15, -0.1) is 0 Å². The van der Waals surface area contributed by atoms with Crippen molar-refractivity contribution < 1.29 is 23.9 Å². The third kappa shape index (κ3) is 2.99. The lowest BCUT2D eigenvalue weighted by atomic mass is 9.83. The number of hydrogen-bond donors (Lipinski definition) is 1. The summed E-state index contributed by atoms with van der Waals surface area (Å²) in [5.74, 6) is 0.466. The quantitative estimate of drug-likeness (QED) is 0.523. The van der Waals surface area contributed by atoms with E-state index in [2.05, 4.69) is 0 Å². The Morgan fingerprint density at radius 2 is 1.86 bits per heavy atom. The largest absolute Gasteiger partial charge is 0.508 e. The van der Waals surface area contributed by atoms with E-state index >= 15 is 0 Å². The SMILES string of the molecule is CC(=O)OC1C[N+]2(CC(=O)c3ccc(O)cc3)CCC1CC2. The van der Waals surface area contributed by atoms with Crippen LogP contribution in [0, 0.1) is 5.92 Å². The molecule has 3 heterocycles. The third-order valence-corrected chi connectivity index (χ3v) is 5.03. The van der Waals surface area contributed by atoms with Crippen molar-refractivity contribution in [1.29, 1.82) is 0 Å². The van der Waals surface area contributed by atoms with Crippen LogP contribution < -0.4 is 0 Å². The molecule has 3 fully saturated rings. The van der Waals surface area contributed by atoms with Gasteiger partial charge in [0.15, 0.2) is 6.10 Å². The van der Waals surface area contributed by atoms with Crippen LogP contribution in [0.15, 0.2) is 24.3 Å². The summed E-state index contributed by atoms with van der Waals surface area (Å²) in [6, 6.07) is 6.40. The van der Waals surface area contributed by atoms with Gasteiger partial charge in [-0.3, -0.25) is 9.59 Å². The van der Waals surface area contributed by atoms with Crippen molar-refractivity contribution in [3.8, 4) is 5.75 Å². The number of rotatable bonds is 4. The summed E-state index contributed by atoms with van der Waals surface area (Å²) in [6.45, 7) is 4.59. The van der Waals surface area contributed by atoms with Crippen LogP contribution in [0.4, 0.5) is 0 Å². The van der Waals surface area contributed by atoms with Gasteiger partial charge in [0.25, 0.3) is 0 Å². The normalized spacial score (nSPS) is 30.0. The van der Waals surface area contributed by atoms with E-state index in [9.17, 15) is 14.7 Å². The molecule has 5 heteroatoms. The van der Waals surface area contributed by atoms with Gasteiger partial charge in [-0.1, -0.05) is 0 Å². The lowest BCUT2D eigenvalue weighted by Crippen LogP contribution is -2.65. The zero-order valence-corrected chi connectivity index (χ0v) is 12.8. The van der Waals surface area contributed by atoms with E-state index in [1.165, 1.54) is 19.1 Å². The lowest BCUT2D eigenvalue weighted by Gasteiger charge is -2.51. The van der Waals surface area contributed by atoms with E-state index < -0.39 is 0 Å². The fourth-order valence-corrected chi connectivity index (χ4v) is 3.83. The number of ketones is 1. The van der Waals surface area contributed by atoms with Gasteiger partial charge in [-0.05, 0) is 24.3 Å². The lowest BCUT2D eigenvalue weighted by molar-refractivity contribution is -0.938. The highest BCUT2D eigenvalue weighted by Gasteiger charge is 2.48. The number of piperidine rings is 3. The average molecular weight is 304 g/mol. The first-order valence-corrected chi connectivity index (χ1v) is 7.82. The zero-order chi connectivity index (χ0) is 15.7. The van der Waals surface area contributed by atoms with Crippen LogP contribution in [0.1, 0.15) is 30.1 Å². The molecule has 4 rings (SSSR count). The van der Waals surface area contributed by atoms with Crippen LogP contribution in [-0.2, 0) is 9.53 Å². The number of nitrogens with zero attached hydrogens (tertiary/aromatic N) is 1. The number of hydrogen-bond acceptors (Lipinski definition) is 4. The fourth-order valence-electron chi connectivity index (χ4n) is 3.83. The molecule has 1 unspecified atom stereocenters. The van der Waals surface area contributed by atoms with Gasteiger partial charge in [-0.2, -0.15) is 0 Å². The third-order valence-electron chi connectivity index (χ3n) is 5.03. The molecule has 3 aliphatic heterocycles. The van der Waals surface area contributed by atoms with E-state index in [0.29, 0.717) is 22.5 Å². The van der Waals surface area contributed by atoms with E-state index in [1.807, 2.05) is 0 Å². The minimum atomic E-state index is -0.234. The first kappa shape index (κ1) is 15.0. The Bertz CT molecular complexity index is 573. The molecule has 0 aromatic heterocycles. The Hall–Kier alpha value is -1.88. The predicted molar refractivity (Wildman–Crippen MR) is 80.4 cm³/mol. The second kappa shape index (κ2) is 5.72. The number of benzene rings is 1. The first-order valence-electron chi connectivity index (χ1n) is 7.82. The number of esters is 1. The van der Waals surface area contributed by atoms with Crippen molar-refractivity contribution in [3.63, 3.8) is 0 Å². The van der Waals surface area contributed by atoms with Crippen molar-refractivity contribution >= 4 is 11.8 Å². The predicted octanol–water partition coefficient (Wildman–Crippen LogP) is 1.75. The van der Waals surface area contributed by atoms with Gasteiger partial charge in [-0.25, -0.2) is 0 Å². The summed E-state index contributed by atoms with van der Waals surface area (Å²) in [4.78, 5) is 23.8. The van der Waals surface area contributed by atoms with Crippen molar-refractivity contribution in [1.82, 2.24) is 0 Å². The minimum Gasteiger partial charge on any atom is -0.508 e. The number of carbonyl (C=O) groups excluding carboxylic acids is 2. The van der Waals surface area contributed by atoms with E-state index in [1.54, 1.807) is 12.1 Å². The van der Waals surface area contributed by atoms with E-state index in [-0.39, 0.29) is 23.6 Å². The Morgan fingerprint density at radius 1 is 1.23 bits per heavy atom. The van der Waals surface area contributed by atoms with E-state index in [0.717, 1.165) is 32.5 Å². The van der Waals surface area contributed by atoms with Crippen molar-refractivity contribution in [2.24, 2.45) is 5.92 Å². The highest BCUT2D eigenvalue weighted by molar-refractivity contribution is 5.97. The van der Waals surface area contributed by atoms with E-state index in [4.69, 9.17) is 4.74 Å². The molecule has 0 amide bonds. The van der Waals surface area contributed by atoms with Crippen LogP contribution in [-0.4, -0.2) is 53.6 Å². The molecule has 118 valence electrons. The highest BCUT2D eigenvalue weighted by atomic mass is 16.5. The Morgan fingerprint density at radius 3 is 2.45 bits per heavy atom. The molecule has 0 radical (unpaired) electrons. The summed E-state index contributed by atoms with van der Waals surface area (Å²) in [7, 11) is 0. The summed E-state index contributed by atoms with van der Waals surface area (Å²) in [6.07, 6.45) is 1.98. The molecule has 0 spiro atoms. The number of aromatic hydroxyl groups is 1. The average Bonchev–Trinajstić information content (AvgIpc) is 2.48. The molecule has 2 bridgehead atoms. The van der Waals surface area contributed by atoms with Gasteiger partial charge in [0.2, 0.25) is 5.78 Å². The maximum absolute atomic E-state index is 12.5. The molecule has 1 N–H and O–H groups in total. The number of phenols is 1. The minimum absolute atomic E-state index is 0.0485. The fraction of sp³-hybridized carbons (Fsp3) is 0.529. The van der Waals surface area contributed by atoms with Gasteiger partial charge < -0.3 is 14.3 Å². The second-order valence-corrected chi connectivity index (χ2v) is 6.58. The van der Waals surface area contributed by atoms with Crippen LogP contribution in [0.2, 0.25) is 0 Å². The molecule has 22 heavy (non-hydrogen) atoms. The summed E-state index contributed by atoms with van der Waals surface area (Å²) in [5, 5.41) is 9.32. The zero-order valence-electron chi connectivity index (χ0n) is 12.8. The summed E-state index contributed by atoms with van der Waals surface area (Å²) in [5.41, 5.74) is 0.627. The molecule has 3 saturated heterocycles. The summed E-state index contributed by atoms with van der Waals surface area (Å²) >= 11 is 0. The molecule has 1 atom stereocenters. The summed E-state index contributed by atoms with van der Waals surface area (Å²) < 4.78 is 6.17. The smallest absolute Gasteiger partial charge is 0.303 e. The Kier molecular flexibility index (Phi) is 3.91. The van der Waals surface area contributed by atoms with Gasteiger partial charge in [0.05, 0.1) is 13.1 Å². The maximum atomic E-state index is 12.5. The molecule has 0 aliphatic carbocycles. The monoisotopic (exact) mass is 304 g/mol. The van der Waals surface area contributed by atoms with Crippen molar-refractivity contribution in [3.05, 3.63) is 29.8 Å². The number of fused-ring (bicyclic) bond motifs is 3. The van der Waals surface area contributed by atoms with Crippen LogP contribution >= 0.6 is 0 Å². The molecule has 5 nitrogen and oxygen atoms in total. The number of ether oxygens (including phenoxy) is 1. The Balaban J connectivity index is 1.71. The number of phenolic OH excluding ortho intramolecular Hbond substituents is 1. The Labute approximate surface area is 130 Å². The molecule has 0 saturated carbocycles. The number of Topliss-reactive ketones (excluding diaryl/α,β-unsaturated/α-hetero) is 1. The maximum Gasteiger partial charge on any atom is 0.303 e. The highest BCUT2D eigenvalue weighted by Crippen LogP contribution is 2.35. The molecule has 1 aromatic rings.